The highest BCUT2D eigenvalue weighted by Crippen LogP contribution is 2.19. The number of aromatic amines is 1. The number of aryl methyl sites for hydroxylation is 2. The molecule has 2 aromatic rings. The van der Waals surface area contributed by atoms with Gasteiger partial charge in [0.1, 0.15) is 5.75 Å². The van der Waals surface area contributed by atoms with E-state index in [0.717, 1.165) is 23.7 Å². The van der Waals surface area contributed by atoms with Crippen LogP contribution in [-0.2, 0) is 6.54 Å². The van der Waals surface area contributed by atoms with Crippen LogP contribution in [0.5, 0.6) is 5.75 Å². The standard InChI is InChI=1S/C15H21N3O/c1-10(13-6-5-7-14(8-13)19-4)16-9-15-11(2)17-18-12(15)3/h5-8,10,16H,9H2,1-4H3,(H,17,18). The second kappa shape index (κ2) is 5.89. The fraction of sp³-hybridized carbons (Fsp3) is 0.400. The van der Waals surface area contributed by atoms with E-state index < -0.39 is 0 Å². The summed E-state index contributed by atoms with van der Waals surface area (Å²) >= 11 is 0. The Labute approximate surface area is 114 Å². The fourth-order valence-electron chi connectivity index (χ4n) is 2.12. The third kappa shape index (κ3) is 3.15. The molecule has 1 atom stereocenters. The van der Waals surface area contributed by atoms with Crippen molar-refractivity contribution in [1.29, 1.82) is 0 Å². The first kappa shape index (κ1) is 13.6. The molecule has 0 saturated carbocycles. The largest absolute Gasteiger partial charge is 0.497 e. The summed E-state index contributed by atoms with van der Waals surface area (Å²) in [5, 5.41) is 10.7. The zero-order valence-electron chi connectivity index (χ0n) is 11.9. The lowest BCUT2D eigenvalue weighted by molar-refractivity contribution is 0.413. The van der Waals surface area contributed by atoms with E-state index in [1.165, 1.54) is 11.1 Å². The minimum atomic E-state index is 0.267. The van der Waals surface area contributed by atoms with Crippen molar-refractivity contribution in [1.82, 2.24) is 15.5 Å². The van der Waals surface area contributed by atoms with Crippen LogP contribution in [0, 0.1) is 13.8 Å². The molecule has 0 bridgehead atoms. The Kier molecular flexibility index (Phi) is 4.22. The average Bonchev–Trinajstić information content (AvgIpc) is 2.75. The molecule has 4 nitrogen and oxygen atoms in total. The molecule has 2 N–H and O–H groups in total. The smallest absolute Gasteiger partial charge is 0.119 e. The van der Waals surface area contributed by atoms with E-state index in [1.54, 1.807) is 7.11 Å². The van der Waals surface area contributed by atoms with Gasteiger partial charge in [-0.3, -0.25) is 5.10 Å². The quantitative estimate of drug-likeness (QED) is 0.868. The van der Waals surface area contributed by atoms with E-state index in [2.05, 4.69) is 34.6 Å². The molecule has 0 aliphatic heterocycles. The predicted octanol–water partition coefficient (Wildman–Crippen LogP) is 2.89. The topological polar surface area (TPSA) is 49.9 Å². The highest BCUT2D eigenvalue weighted by Gasteiger charge is 2.10. The maximum Gasteiger partial charge on any atom is 0.119 e. The molecule has 0 spiro atoms. The van der Waals surface area contributed by atoms with Crippen LogP contribution in [0.2, 0.25) is 0 Å². The molecular weight excluding hydrogens is 238 g/mol. The molecule has 0 radical (unpaired) electrons. The van der Waals surface area contributed by atoms with Crippen LogP contribution in [0.25, 0.3) is 0 Å². The van der Waals surface area contributed by atoms with Crippen molar-refractivity contribution in [2.45, 2.75) is 33.4 Å². The summed E-state index contributed by atoms with van der Waals surface area (Å²) in [7, 11) is 1.69. The van der Waals surface area contributed by atoms with Gasteiger partial charge in [0, 0.05) is 23.8 Å². The Morgan fingerprint density at radius 1 is 1.37 bits per heavy atom. The van der Waals surface area contributed by atoms with Gasteiger partial charge in [-0.15, -0.1) is 0 Å². The van der Waals surface area contributed by atoms with Gasteiger partial charge < -0.3 is 10.1 Å². The molecule has 1 unspecified atom stereocenters. The number of H-pyrrole nitrogens is 1. The van der Waals surface area contributed by atoms with Gasteiger partial charge in [-0.1, -0.05) is 12.1 Å². The molecule has 4 heteroatoms. The van der Waals surface area contributed by atoms with E-state index in [4.69, 9.17) is 4.74 Å². The lowest BCUT2D eigenvalue weighted by atomic mass is 10.1. The predicted molar refractivity (Wildman–Crippen MR) is 76.3 cm³/mol. The molecule has 0 amide bonds. The monoisotopic (exact) mass is 259 g/mol. The van der Waals surface area contributed by atoms with Gasteiger partial charge in [0.25, 0.3) is 0 Å². The van der Waals surface area contributed by atoms with Crippen molar-refractivity contribution in [3.8, 4) is 5.75 Å². The summed E-state index contributed by atoms with van der Waals surface area (Å²) in [4.78, 5) is 0. The maximum atomic E-state index is 5.25. The molecule has 102 valence electrons. The lowest BCUT2D eigenvalue weighted by Gasteiger charge is -2.15. The van der Waals surface area contributed by atoms with Crippen molar-refractivity contribution in [2.75, 3.05) is 7.11 Å². The highest BCUT2D eigenvalue weighted by molar-refractivity contribution is 5.30. The Bertz CT molecular complexity index is 529. The Morgan fingerprint density at radius 2 is 2.16 bits per heavy atom. The molecule has 0 saturated heterocycles. The van der Waals surface area contributed by atoms with Crippen molar-refractivity contribution in [2.24, 2.45) is 0 Å². The van der Waals surface area contributed by atoms with Crippen LogP contribution in [-0.4, -0.2) is 17.3 Å². The van der Waals surface area contributed by atoms with Gasteiger partial charge in [0.05, 0.1) is 12.8 Å². The van der Waals surface area contributed by atoms with Crippen LogP contribution >= 0.6 is 0 Å². The first-order chi connectivity index (χ1) is 9.11. The van der Waals surface area contributed by atoms with Crippen LogP contribution in [0.15, 0.2) is 24.3 Å². The fourth-order valence-corrected chi connectivity index (χ4v) is 2.12. The Hall–Kier alpha value is -1.81. The zero-order chi connectivity index (χ0) is 13.8. The number of nitrogens with one attached hydrogen (secondary N) is 2. The number of benzene rings is 1. The average molecular weight is 259 g/mol. The van der Waals surface area contributed by atoms with Gasteiger partial charge in [-0.05, 0) is 38.5 Å². The molecule has 0 aliphatic carbocycles. The molecule has 0 fully saturated rings. The molecule has 1 aromatic heterocycles. The normalized spacial score (nSPS) is 12.4. The van der Waals surface area contributed by atoms with Crippen LogP contribution < -0.4 is 10.1 Å². The van der Waals surface area contributed by atoms with E-state index in [1.807, 2.05) is 26.0 Å². The van der Waals surface area contributed by atoms with E-state index >= 15 is 0 Å². The van der Waals surface area contributed by atoms with Gasteiger partial charge in [-0.2, -0.15) is 5.10 Å². The third-order valence-electron chi connectivity index (χ3n) is 3.46. The molecule has 1 aromatic carbocycles. The number of aromatic nitrogens is 2. The number of hydrogen-bond donors (Lipinski definition) is 2. The molecule has 0 aliphatic rings. The number of methoxy groups -OCH3 is 1. The summed E-state index contributed by atoms with van der Waals surface area (Å²) in [5.41, 5.74) is 4.65. The van der Waals surface area contributed by atoms with Crippen LogP contribution in [0.1, 0.15) is 35.5 Å². The maximum absolute atomic E-state index is 5.25. The summed E-state index contributed by atoms with van der Waals surface area (Å²) in [6.07, 6.45) is 0. The molecule has 19 heavy (non-hydrogen) atoms. The summed E-state index contributed by atoms with van der Waals surface area (Å²) in [5.74, 6) is 0.891. The molecule has 2 rings (SSSR count). The van der Waals surface area contributed by atoms with Crippen LogP contribution in [0.3, 0.4) is 0 Å². The summed E-state index contributed by atoms with van der Waals surface area (Å²) in [6.45, 7) is 7.04. The Morgan fingerprint density at radius 3 is 2.79 bits per heavy atom. The first-order valence-corrected chi connectivity index (χ1v) is 6.49. The zero-order valence-corrected chi connectivity index (χ0v) is 11.9. The van der Waals surface area contributed by atoms with Gasteiger partial charge in [0.2, 0.25) is 0 Å². The second-order valence-corrected chi connectivity index (χ2v) is 4.79. The first-order valence-electron chi connectivity index (χ1n) is 6.49. The van der Waals surface area contributed by atoms with Crippen molar-refractivity contribution < 1.29 is 4.74 Å². The van der Waals surface area contributed by atoms with Gasteiger partial charge in [-0.25, -0.2) is 0 Å². The number of nitrogens with zero attached hydrogens (tertiary/aromatic N) is 1. The van der Waals surface area contributed by atoms with E-state index in [0.29, 0.717) is 0 Å². The van der Waals surface area contributed by atoms with Crippen LogP contribution in [0.4, 0.5) is 0 Å². The Balaban J connectivity index is 2.03. The van der Waals surface area contributed by atoms with Crippen molar-refractivity contribution >= 4 is 0 Å². The minimum absolute atomic E-state index is 0.267. The number of rotatable bonds is 5. The molecular formula is C15H21N3O. The third-order valence-corrected chi connectivity index (χ3v) is 3.46. The second-order valence-electron chi connectivity index (χ2n) is 4.79. The summed E-state index contributed by atoms with van der Waals surface area (Å²) in [6, 6.07) is 8.41. The summed E-state index contributed by atoms with van der Waals surface area (Å²) < 4.78 is 5.25. The van der Waals surface area contributed by atoms with Gasteiger partial charge >= 0.3 is 0 Å². The van der Waals surface area contributed by atoms with E-state index in [-0.39, 0.29) is 6.04 Å². The number of hydrogen-bond acceptors (Lipinski definition) is 3. The number of ether oxygens (including phenoxy) is 1. The van der Waals surface area contributed by atoms with Gasteiger partial charge in [0.15, 0.2) is 0 Å². The SMILES string of the molecule is COc1cccc(C(C)NCc2c(C)n[nH]c2C)c1. The minimum Gasteiger partial charge on any atom is -0.497 e. The molecule has 1 heterocycles. The van der Waals surface area contributed by atoms with Crippen molar-refractivity contribution in [3.63, 3.8) is 0 Å². The lowest BCUT2D eigenvalue weighted by Crippen LogP contribution is -2.18. The van der Waals surface area contributed by atoms with Crippen molar-refractivity contribution in [3.05, 3.63) is 46.8 Å². The highest BCUT2D eigenvalue weighted by atomic mass is 16.5. The van der Waals surface area contributed by atoms with E-state index in [9.17, 15) is 0 Å².